The molecule has 0 atom stereocenters. The number of para-hydroxylation sites is 1. The standard InChI is InChI=1S/C20H24N2O2/c1-2-3-14-18-15-19(23)22(17-12-8-5-9-13-17)20(24-18)21-16-10-6-4-7-11-16/h2,4,6-7,10-11,15,17H,1,3,5,8-9,12-14H2. The van der Waals surface area contributed by atoms with Crippen molar-refractivity contribution >= 4 is 5.69 Å². The highest BCUT2D eigenvalue weighted by molar-refractivity contribution is 5.35. The van der Waals surface area contributed by atoms with Crippen molar-refractivity contribution in [2.24, 2.45) is 4.99 Å². The summed E-state index contributed by atoms with van der Waals surface area (Å²) < 4.78 is 7.75. The van der Waals surface area contributed by atoms with Gasteiger partial charge in [-0.05, 0) is 31.4 Å². The molecule has 3 rings (SSSR count). The van der Waals surface area contributed by atoms with Crippen LogP contribution in [0.2, 0.25) is 0 Å². The zero-order valence-corrected chi connectivity index (χ0v) is 14.0. The van der Waals surface area contributed by atoms with Gasteiger partial charge in [0.1, 0.15) is 5.76 Å². The summed E-state index contributed by atoms with van der Waals surface area (Å²) in [4.78, 5) is 17.3. The van der Waals surface area contributed by atoms with Crippen molar-refractivity contribution in [2.45, 2.75) is 51.0 Å². The number of aromatic nitrogens is 1. The fraction of sp³-hybridized carbons (Fsp3) is 0.400. The summed E-state index contributed by atoms with van der Waals surface area (Å²) in [5.41, 5.74) is 1.20. The maximum absolute atomic E-state index is 12.7. The number of hydrogen-bond donors (Lipinski definition) is 0. The normalized spacial score (nSPS) is 16.2. The van der Waals surface area contributed by atoms with E-state index in [1.54, 1.807) is 10.6 Å². The van der Waals surface area contributed by atoms with Gasteiger partial charge in [0.2, 0.25) is 0 Å². The molecule has 1 aromatic heterocycles. The lowest BCUT2D eigenvalue weighted by Crippen LogP contribution is -2.37. The Bertz CT molecular complexity index is 796. The van der Waals surface area contributed by atoms with Crippen molar-refractivity contribution in [3.05, 3.63) is 70.9 Å². The molecule has 0 aliphatic heterocycles. The Morgan fingerprint density at radius 3 is 2.67 bits per heavy atom. The SMILES string of the molecule is C=CCCc1cc(=O)n(C2CCCCC2)c(=Nc2ccccc2)o1. The van der Waals surface area contributed by atoms with Crippen LogP contribution in [0.25, 0.3) is 0 Å². The molecule has 0 radical (unpaired) electrons. The third-order valence-corrected chi connectivity index (χ3v) is 4.47. The minimum atomic E-state index is -0.0121. The molecule has 0 spiro atoms. The van der Waals surface area contributed by atoms with Gasteiger partial charge in [-0.3, -0.25) is 9.36 Å². The summed E-state index contributed by atoms with van der Waals surface area (Å²) in [5.74, 6) is 0.668. The lowest BCUT2D eigenvalue weighted by molar-refractivity contribution is 0.285. The minimum absolute atomic E-state index is 0.0121. The van der Waals surface area contributed by atoms with Crippen LogP contribution in [0.4, 0.5) is 5.69 Å². The summed E-state index contributed by atoms with van der Waals surface area (Å²) in [6.45, 7) is 3.73. The maximum Gasteiger partial charge on any atom is 0.305 e. The molecule has 2 aromatic rings. The van der Waals surface area contributed by atoms with Gasteiger partial charge in [0, 0.05) is 18.5 Å². The van der Waals surface area contributed by atoms with Gasteiger partial charge >= 0.3 is 5.68 Å². The molecule has 4 nitrogen and oxygen atoms in total. The Kier molecular flexibility index (Phi) is 5.47. The van der Waals surface area contributed by atoms with E-state index >= 15 is 0 Å². The Morgan fingerprint density at radius 2 is 1.96 bits per heavy atom. The number of benzene rings is 1. The second kappa shape index (κ2) is 7.95. The molecule has 24 heavy (non-hydrogen) atoms. The van der Waals surface area contributed by atoms with Gasteiger partial charge in [0.05, 0.1) is 5.69 Å². The van der Waals surface area contributed by atoms with E-state index in [4.69, 9.17) is 4.42 Å². The van der Waals surface area contributed by atoms with Crippen molar-refractivity contribution < 1.29 is 4.42 Å². The van der Waals surface area contributed by atoms with E-state index in [0.29, 0.717) is 17.9 Å². The van der Waals surface area contributed by atoms with Crippen LogP contribution >= 0.6 is 0 Å². The lowest BCUT2D eigenvalue weighted by Gasteiger charge is -2.23. The van der Waals surface area contributed by atoms with Crippen LogP contribution in [0.1, 0.15) is 50.3 Å². The van der Waals surface area contributed by atoms with E-state index in [9.17, 15) is 4.79 Å². The molecule has 1 saturated carbocycles. The zero-order valence-electron chi connectivity index (χ0n) is 14.0. The van der Waals surface area contributed by atoms with Gasteiger partial charge in [0.15, 0.2) is 0 Å². The molecule has 1 aliphatic carbocycles. The monoisotopic (exact) mass is 324 g/mol. The zero-order chi connectivity index (χ0) is 16.8. The third-order valence-electron chi connectivity index (χ3n) is 4.47. The van der Waals surface area contributed by atoms with Gasteiger partial charge in [-0.15, -0.1) is 6.58 Å². The molecule has 1 aromatic carbocycles. The number of nitrogens with zero attached hydrogens (tertiary/aromatic N) is 2. The average Bonchev–Trinajstić information content (AvgIpc) is 2.61. The minimum Gasteiger partial charge on any atom is -0.430 e. The second-order valence-electron chi connectivity index (χ2n) is 6.27. The van der Waals surface area contributed by atoms with Crippen LogP contribution in [0.15, 0.2) is 63.3 Å². The predicted molar refractivity (Wildman–Crippen MR) is 95.3 cm³/mol. The number of allylic oxidation sites excluding steroid dienone is 1. The summed E-state index contributed by atoms with van der Waals surface area (Å²) in [7, 11) is 0. The van der Waals surface area contributed by atoms with Crippen LogP contribution in [-0.2, 0) is 6.42 Å². The summed E-state index contributed by atoms with van der Waals surface area (Å²) >= 11 is 0. The average molecular weight is 324 g/mol. The molecule has 0 unspecified atom stereocenters. The van der Waals surface area contributed by atoms with E-state index < -0.39 is 0 Å². The lowest BCUT2D eigenvalue weighted by atomic mass is 9.95. The molecule has 0 N–H and O–H groups in total. The van der Waals surface area contributed by atoms with Gasteiger partial charge < -0.3 is 4.42 Å². The van der Waals surface area contributed by atoms with Crippen molar-refractivity contribution in [3.8, 4) is 0 Å². The summed E-state index contributed by atoms with van der Waals surface area (Å²) in [6, 6.07) is 11.5. The van der Waals surface area contributed by atoms with Gasteiger partial charge in [0.25, 0.3) is 5.56 Å². The Morgan fingerprint density at radius 1 is 1.21 bits per heavy atom. The smallest absolute Gasteiger partial charge is 0.305 e. The first-order valence-corrected chi connectivity index (χ1v) is 8.74. The number of aryl methyl sites for hydroxylation is 1. The molecule has 0 amide bonds. The Hall–Kier alpha value is -2.36. The summed E-state index contributed by atoms with van der Waals surface area (Å²) in [6.07, 6.45) is 8.85. The highest BCUT2D eigenvalue weighted by atomic mass is 16.4. The van der Waals surface area contributed by atoms with Crippen LogP contribution in [0, 0.1) is 0 Å². The molecule has 1 heterocycles. The topological polar surface area (TPSA) is 47.5 Å². The molecular weight excluding hydrogens is 300 g/mol. The predicted octanol–water partition coefficient (Wildman–Crippen LogP) is 4.30. The Labute approximate surface area is 142 Å². The molecule has 0 bridgehead atoms. The molecular formula is C20H24N2O2. The molecule has 1 aliphatic rings. The third kappa shape index (κ3) is 3.94. The van der Waals surface area contributed by atoms with E-state index in [-0.39, 0.29) is 11.6 Å². The fourth-order valence-electron chi connectivity index (χ4n) is 3.23. The molecule has 4 heteroatoms. The van der Waals surface area contributed by atoms with Crippen LogP contribution < -0.4 is 11.2 Å². The highest BCUT2D eigenvalue weighted by Crippen LogP contribution is 2.26. The number of hydrogen-bond acceptors (Lipinski definition) is 3. The Balaban J connectivity index is 2.10. The van der Waals surface area contributed by atoms with Crippen LogP contribution in [0.3, 0.4) is 0 Å². The van der Waals surface area contributed by atoms with Crippen LogP contribution in [-0.4, -0.2) is 4.57 Å². The van der Waals surface area contributed by atoms with Gasteiger partial charge in [-0.25, -0.2) is 0 Å². The van der Waals surface area contributed by atoms with Gasteiger partial charge in [-0.2, -0.15) is 4.99 Å². The summed E-state index contributed by atoms with van der Waals surface area (Å²) in [5, 5.41) is 0. The second-order valence-corrected chi connectivity index (χ2v) is 6.27. The quantitative estimate of drug-likeness (QED) is 0.770. The largest absolute Gasteiger partial charge is 0.430 e. The van der Waals surface area contributed by atoms with Crippen molar-refractivity contribution in [2.75, 3.05) is 0 Å². The fourth-order valence-corrected chi connectivity index (χ4v) is 3.23. The highest BCUT2D eigenvalue weighted by Gasteiger charge is 2.19. The van der Waals surface area contributed by atoms with E-state index in [2.05, 4.69) is 11.6 Å². The van der Waals surface area contributed by atoms with Crippen molar-refractivity contribution in [3.63, 3.8) is 0 Å². The van der Waals surface area contributed by atoms with Crippen molar-refractivity contribution in [1.29, 1.82) is 0 Å². The van der Waals surface area contributed by atoms with E-state index in [0.717, 1.165) is 37.8 Å². The van der Waals surface area contributed by atoms with Crippen LogP contribution in [0.5, 0.6) is 0 Å². The molecule has 126 valence electrons. The maximum atomic E-state index is 12.7. The van der Waals surface area contributed by atoms with Crippen molar-refractivity contribution in [1.82, 2.24) is 4.57 Å². The van der Waals surface area contributed by atoms with Gasteiger partial charge in [-0.1, -0.05) is 43.5 Å². The molecule has 0 saturated heterocycles. The first-order valence-electron chi connectivity index (χ1n) is 8.74. The van der Waals surface area contributed by atoms with E-state index in [1.165, 1.54) is 6.42 Å². The van der Waals surface area contributed by atoms with E-state index in [1.807, 2.05) is 36.4 Å². The first kappa shape index (κ1) is 16.5. The number of rotatable bonds is 5. The first-order chi connectivity index (χ1) is 11.8. The molecule has 1 fully saturated rings.